The minimum atomic E-state index is -0.804. The van der Waals surface area contributed by atoms with Crippen LogP contribution >= 0.6 is 0 Å². The van der Waals surface area contributed by atoms with Crippen molar-refractivity contribution in [2.45, 2.75) is 0 Å². The number of nitriles is 1. The van der Waals surface area contributed by atoms with Crippen LogP contribution in [0.25, 0.3) is 0 Å². The highest BCUT2D eigenvalue weighted by atomic mass is 16.6. The molecule has 0 aliphatic carbocycles. The summed E-state index contributed by atoms with van der Waals surface area (Å²) < 4.78 is 9.34. The fourth-order valence-electron chi connectivity index (χ4n) is 1.28. The largest absolute Gasteiger partial charge is 0.494 e. The van der Waals surface area contributed by atoms with Crippen molar-refractivity contribution in [3.63, 3.8) is 0 Å². The second-order valence-electron chi connectivity index (χ2n) is 2.93. The zero-order chi connectivity index (χ0) is 13.0. The second-order valence-corrected chi connectivity index (χ2v) is 2.93. The number of methoxy groups -OCH3 is 2. The van der Waals surface area contributed by atoms with E-state index in [9.17, 15) is 14.9 Å². The number of carbonyl (C=O) groups excluding carboxylic acids is 1. The van der Waals surface area contributed by atoms with Gasteiger partial charge in [0.1, 0.15) is 17.2 Å². The van der Waals surface area contributed by atoms with E-state index in [0.29, 0.717) is 0 Å². The molecule has 1 aromatic carbocycles. The van der Waals surface area contributed by atoms with Crippen LogP contribution in [0, 0.1) is 21.4 Å². The lowest BCUT2D eigenvalue weighted by Crippen LogP contribution is -2.06. The molecule has 0 bridgehead atoms. The summed E-state index contributed by atoms with van der Waals surface area (Å²) in [6.45, 7) is 0. The molecule has 0 saturated carbocycles. The summed E-state index contributed by atoms with van der Waals surface area (Å²) in [6.07, 6.45) is 0. The summed E-state index contributed by atoms with van der Waals surface area (Å²) in [7, 11) is 2.39. The Kier molecular flexibility index (Phi) is 3.62. The van der Waals surface area contributed by atoms with Gasteiger partial charge < -0.3 is 9.47 Å². The molecule has 1 aromatic rings. The molecule has 0 atom stereocenters. The third-order valence-electron chi connectivity index (χ3n) is 2.01. The van der Waals surface area contributed by atoms with Crippen LogP contribution in [-0.4, -0.2) is 25.1 Å². The first-order valence-electron chi connectivity index (χ1n) is 4.40. The monoisotopic (exact) mass is 236 g/mol. The van der Waals surface area contributed by atoms with Gasteiger partial charge in [0.25, 0.3) is 5.69 Å². The number of nitro benzene ring substituents is 1. The van der Waals surface area contributed by atoms with Gasteiger partial charge in [0.05, 0.1) is 19.1 Å². The number of ether oxygens (including phenoxy) is 2. The van der Waals surface area contributed by atoms with E-state index < -0.39 is 10.9 Å². The number of rotatable bonds is 3. The van der Waals surface area contributed by atoms with Crippen LogP contribution in [0.5, 0.6) is 5.75 Å². The summed E-state index contributed by atoms with van der Waals surface area (Å²) in [6, 6.07) is 3.76. The molecule has 88 valence electrons. The Balaban J connectivity index is 3.55. The van der Waals surface area contributed by atoms with Crippen LogP contribution in [-0.2, 0) is 4.74 Å². The van der Waals surface area contributed by atoms with Crippen molar-refractivity contribution in [1.29, 1.82) is 5.26 Å². The average molecular weight is 236 g/mol. The van der Waals surface area contributed by atoms with E-state index in [1.807, 2.05) is 0 Å². The topological polar surface area (TPSA) is 102 Å². The molecule has 1 rings (SSSR count). The molecule has 0 amide bonds. The Labute approximate surface area is 96.3 Å². The lowest BCUT2D eigenvalue weighted by Gasteiger charge is -2.08. The van der Waals surface area contributed by atoms with E-state index in [0.717, 1.165) is 19.2 Å². The Bertz CT molecular complexity index is 518. The maximum atomic E-state index is 11.4. The number of carbonyl (C=O) groups is 1. The van der Waals surface area contributed by atoms with Gasteiger partial charge in [-0.15, -0.1) is 0 Å². The summed E-state index contributed by atoms with van der Waals surface area (Å²) in [4.78, 5) is 21.3. The maximum Gasteiger partial charge on any atom is 0.341 e. The van der Waals surface area contributed by atoms with Crippen LogP contribution < -0.4 is 4.74 Å². The zero-order valence-corrected chi connectivity index (χ0v) is 9.09. The highest BCUT2D eigenvalue weighted by Gasteiger charge is 2.22. The predicted molar refractivity (Wildman–Crippen MR) is 55.7 cm³/mol. The van der Waals surface area contributed by atoms with Gasteiger partial charge in [0.2, 0.25) is 0 Å². The number of hydrogen-bond donors (Lipinski definition) is 0. The highest BCUT2D eigenvalue weighted by molar-refractivity contribution is 5.94. The number of benzene rings is 1. The number of hydrogen-bond acceptors (Lipinski definition) is 6. The van der Waals surface area contributed by atoms with Crippen LogP contribution in [0.4, 0.5) is 5.69 Å². The number of nitro groups is 1. The third-order valence-corrected chi connectivity index (χ3v) is 2.01. The molecule has 0 unspecified atom stereocenters. The molecule has 7 nitrogen and oxygen atoms in total. The lowest BCUT2D eigenvalue weighted by molar-refractivity contribution is -0.384. The van der Waals surface area contributed by atoms with Crippen LogP contribution in [0.3, 0.4) is 0 Å². The van der Waals surface area contributed by atoms with Gasteiger partial charge in [-0.1, -0.05) is 0 Å². The molecule has 0 spiro atoms. The minimum Gasteiger partial charge on any atom is -0.494 e. The van der Waals surface area contributed by atoms with Crippen molar-refractivity contribution in [2.24, 2.45) is 0 Å². The Morgan fingerprint density at radius 3 is 2.53 bits per heavy atom. The summed E-state index contributed by atoms with van der Waals surface area (Å²) >= 11 is 0. The molecule has 0 N–H and O–H groups in total. The van der Waals surface area contributed by atoms with Crippen molar-refractivity contribution in [3.05, 3.63) is 33.4 Å². The van der Waals surface area contributed by atoms with Crippen LogP contribution in [0.1, 0.15) is 15.9 Å². The van der Waals surface area contributed by atoms with E-state index >= 15 is 0 Å². The fraction of sp³-hybridized carbons (Fsp3) is 0.200. The van der Waals surface area contributed by atoms with Gasteiger partial charge in [0, 0.05) is 12.1 Å². The SMILES string of the molecule is COC(=O)c1cc([N+](=O)[O-])cc(C#N)c1OC. The van der Waals surface area contributed by atoms with Gasteiger partial charge >= 0.3 is 5.97 Å². The smallest absolute Gasteiger partial charge is 0.341 e. The van der Waals surface area contributed by atoms with Gasteiger partial charge in [-0.3, -0.25) is 10.1 Å². The maximum absolute atomic E-state index is 11.4. The molecule has 0 aromatic heterocycles. The second kappa shape index (κ2) is 4.94. The molecule has 7 heteroatoms. The van der Waals surface area contributed by atoms with Gasteiger partial charge in [-0.25, -0.2) is 4.79 Å². The standard InChI is InChI=1S/C10H8N2O5/c1-16-9-6(5-11)3-7(12(14)15)4-8(9)10(13)17-2/h3-4H,1-2H3. The molecule has 0 aliphatic heterocycles. The molecular weight excluding hydrogens is 228 g/mol. The van der Waals surface area contributed by atoms with E-state index in [-0.39, 0.29) is 22.6 Å². The van der Waals surface area contributed by atoms with E-state index in [1.54, 1.807) is 6.07 Å². The first kappa shape index (κ1) is 12.4. The molecule has 0 heterocycles. The zero-order valence-electron chi connectivity index (χ0n) is 9.09. The Morgan fingerprint density at radius 1 is 1.47 bits per heavy atom. The lowest BCUT2D eigenvalue weighted by atomic mass is 10.1. The summed E-state index contributed by atoms with van der Waals surface area (Å²) in [5.41, 5.74) is -0.620. The Morgan fingerprint density at radius 2 is 2.12 bits per heavy atom. The molecular formula is C10H8N2O5. The first-order valence-corrected chi connectivity index (χ1v) is 4.40. The van der Waals surface area contributed by atoms with Crippen LogP contribution in [0.2, 0.25) is 0 Å². The fourth-order valence-corrected chi connectivity index (χ4v) is 1.28. The van der Waals surface area contributed by atoms with Gasteiger partial charge in [-0.05, 0) is 0 Å². The van der Waals surface area contributed by atoms with Crippen molar-refractivity contribution in [3.8, 4) is 11.8 Å². The van der Waals surface area contributed by atoms with Crippen molar-refractivity contribution >= 4 is 11.7 Å². The van der Waals surface area contributed by atoms with Crippen molar-refractivity contribution in [2.75, 3.05) is 14.2 Å². The average Bonchev–Trinajstić information content (AvgIpc) is 2.35. The number of non-ortho nitro benzene ring substituents is 1. The Hall–Kier alpha value is -2.62. The molecule has 0 fully saturated rings. The van der Waals surface area contributed by atoms with Gasteiger partial charge in [-0.2, -0.15) is 5.26 Å². The van der Waals surface area contributed by atoms with E-state index in [4.69, 9.17) is 10.00 Å². The predicted octanol–water partition coefficient (Wildman–Crippen LogP) is 1.26. The number of esters is 1. The normalized spacial score (nSPS) is 9.24. The molecule has 0 radical (unpaired) electrons. The minimum absolute atomic E-state index is 0.0371. The molecule has 17 heavy (non-hydrogen) atoms. The van der Waals surface area contributed by atoms with E-state index in [1.165, 1.54) is 7.11 Å². The quantitative estimate of drug-likeness (QED) is 0.444. The highest BCUT2D eigenvalue weighted by Crippen LogP contribution is 2.29. The van der Waals surface area contributed by atoms with Crippen LogP contribution in [0.15, 0.2) is 12.1 Å². The molecule has 0 aliphatic rings. The first-order chi connectivity index (χ1) is 8.04. The van der Waals surface area contributed by atoms with Crippen molar-refractivity contribution < 1.29 is 19.2 Å². The number of nitrogens with zero attached hydrogens (tertiary/aromatic N) is 2. The van der Waals surface area contributed by atoms with E-state index in [2.05, 4.69) is 4.74 Å². The summed E-state index contributed by atoms with van der Waals surface area (Å²) in [5.74, 6) is -0.841. The van der Waals surface area contributed by atoms with Crippen molar-refractivity contribution in [1.82, 2.24) is 0 Å². The summed E-state index contributed by atoms with van der Waals surface area (Å²) in [5, 5.41) is 19.5. The van der Waals surface area contributed by atoms with Gasteiger partial charge in [0.15, 0.2) is 5.75 Å². The third kappa shape index (κ3) is 2.31. The molecule has 0 saturated heterocycles.